The molecule has 0 spiro atoms. The van der Waals surface area contributed by atoms with Crippen molar-refractivity contribution >= 4 is 33.2 Å². The van der Waals surface area contributed by atoms with Crippen LogP contribution in [0.25, 0.3) is 11.3 Å². The number of sulfonamides is 1. The molecule has 0 aliphatic carbocycles. The van der Waals surface area contributed by atoms with Gasteiger partial charge in [0, 0.05) is 67.6 Å². The van der Waals surface area contributed by atoms with Crippen molar-refractivity contribution in [3.8, 4) is 11.3 Å². The summed E-state index contributed by atoms with van der Waals surface area (Å²) < 4.78 is 31.1. The van der Waals surface area contributed by atoms with Gasteiger partial charge in [-0.05, 0) is 55.3 Å². The Morgan fingerprint density at radius 1 is 1.03 bits per heavy atom. The van der Waals surface area contributed by atoms with Crippen molar-refractivity contribution < 1.29 is 13.2 Å². The lowest BCUT2D eigenvalue weighted by molar-refractivity contribution is 0.122. The number of benzene rings is 1. The third-order valence-corrected chi connectivity index (χ3v) is 8.71. The van der Waals surface area contributed by atoms with E-state index >= 15 is 0 Å². The van der Waals surface area contributed by atoms with E-state index < -0.39 is 10.0 Å². The summed E-state index contributed by atoms with van der Waals surface area (Å²) in [4.78, 5) is 18.3. The van der Waals surface area contributed by atoms with Crippen LogP contribution in [-0.2, 0) is 14.8 Å². The second kappa shape index (κ2) is 9.55. The molecule has 37 heavy (non-hydrogen) atoms. The molecule has 2 bridgehead atoms. The number of piperazine rings is 1. The van der Waals surface area contributed by atoms with Crippen LogP contribution in [0, 0.1) is 6.92 Å². The monoisotopic (exact) mass is 521 g/mol. The average molecular weight is 522 g/mol. The van der Waals surface area contributed by atoms with E-state index in [-0.39, 0.29) is 12.1 Å². The van der Waals surface area contributed by atoms with Gasteiger partial charge in [0.2, 0.25) is 16.0 Å². The Balaban J connectivity index is 1.14. The smallest absolute Gasteiger partial charge is 0.227 e. The molecule has 3 fully saturated rings. The number of nitrogens with one attached hydrogen (secondary N) is 1. The number of morpholine rings is 1. The van der Waals surface area contributed by atoms with Crippen molar-refractivity contribution in [2.45, 2.75) is 25.4 Å². The summed E-state index contributed by atoms with van der Waals surface area (Å²) in [5, 5.41) is 3.33. The summed E-state index contributed by atoms with van der Waals surface area (Å²) in [6, 6.07) is 12.4. The zero-order valence-electron chi connectivity index (χ0n) is 21.0. The SMILES string of the molecule is Cc1cc(Nc2nccc(-c3ccc(N4CCOCC4)nc3)n2)ccc1N1CC2CC1CN2S(C)(=O)=O. The van der Waals surface area contributed by atoms with Crippen molar-refractivity contribution in [2.24, 2.45) is 0 Å². The fraction of sp³-hybridized carbons (Fsp3) is 0.423. The highest BCUT2D eigenvalue weighted by Crippen LogP contribution is 2.38. The Hall–Kier alpha value is -3.28. The fourth-order valence-corrected chi connectivity index (χ4v) is 6.75. The maximum Gasteiger partial charge on any atom is 0.227 e. The average Bonchev–Trinajstić information content (AvgIpc) is 3.51. The van der Waals surface area contributed by atoms with E-state index in [1.54, 1.807) is 10.5 Å². The first-order chi connectivity index (χ1) is 17.8. The van der Waals surface area contributed by atoms with E-state index in [1.807, 2.05) is 30.5 Å². The van der Waals surface area contributed by atoms with E-state index in [0.717, 1.165) is 73.3 Å². The molecule has 194 valence electrons. The predicted octanol–water partition coefficient (Wildman–Crippen LogP) is 2.65. The molecule has 2 unspecified atom stereocenters. The Kier molecular flexibility index (Phi) is 6.21. The van der Waals surface area contributed by atoms with Crippen molar-refractivity contribution in [1.82, 2.24) is 19.3 Å². The first-order valence-electron chi connectivity index (χ1n) is 12.6. The number of hydrogen-bond acceptors (Lipinski definition) is 9. The van der Waals surface area contributed by atoms with Crippen molar-refractivity contribution in [1.29, 1.82) is 0 Å². The number of aryl methyl sites for hydroxylation is 1. The largest absolute Gasteiger partial charge is 0.378 e. The second-order valence-electron chi connectivity index (χ2n) is 9.92. The molecule has 5 heterocycles. The van der Waals surface area contributed by atoms with E-state index in [9.17, 15) is 8.42 Å². The zero-order valence-corrected chi connectivity index (χ0v) is 21.9. The molecule has 10 nitrogen and oxygen atoms in total. The number of nitrogens with zero attached hydrogens (tertiary/aromatic N) is 6. The first kappa shape index (κ1) is 24.1. The Labute approximate surface area is 217 Å². The number of aromatic nitrogens is 3. The van der Waals surface area contributed by atoms with E-state index in [4.69, 9.17) is 9.72 Å². The van der Waals surface area contributed by atoms with Crippen molar-refractivity contribution in [2.75, 3.05) is 60.8 Å². The lowest BCUT2D eigenvalue weighted by atomic mass is 10.1. The van der Waals surface area contributed by atoms with Gasteiger partial charge in [0.1, 0.15) is 5.82 Å². The van der Waals surface area contributed by atoms with Crippen LogP contribution in [0.15, 0.2) is 48.8 Å². The molecular weight excluding hydrogens is 490 g/mol. The molecule has 11 heteroatoms. The van der Waals surface area contributed by atoms with Gasteiger partial charge < -0.3 is 19.9 Å². The number of hydrogen-bond donors (Lipinski definition) is 1. The zero-order chi connectivity index (χ0) is 25.6. The minimum atomic E-state index is -3.15. The maximum atomic E-state index is 12.0. The number of pyridine rings is 1. The van der Waals surface area contributed by atoms with Gasteiger partial charge in [-0.2, -0.15) is 4.31 Å². The van der Waals surface area contributed by atoms with Crippen LogP contribution in [0.1, 0.15) is 12.0 Å². The molecule has 2 atom stereocenters. The molecule has 1 aromatic carbocycles. The number of rotatable bonds is 6. The molecule has 3 aliphatic heterocycles. The Morgan fingerprint density at radius 2 is 1.86 bits per heavy atom. The molecule has 3 aromatic rings. The number of ether oxygens (including phenoxy) is 1. The quantitative estimate of drug-likeness (QED) is 0.524. The minimum absolute atomic E-state index is 0.0609. The van der Waals surface area contributed by atoms with Crippen molar-refractivity contribution in [3.63, 3.8) is 0 Å². The highest BCUT2D eigenvalue weighted by atomic mass is 32.2. The highest BCUT2D eigenvalue weighted by Gasteiger charge is 2.47. The summed E-state index contributed by atoms with van der Waals surface area (Å²) in [5.41, 5.74) is 4.91. The second-order valence-corrected chi connectivity index (χ2v) is 11.9. The van der Waals surface area contributed by atoms with Crippen LogP contribution in [0.3, 0.4) is 0 Å². The Bertz CT molecular complexity index is 1390. The van der Waals surface area contributed by atoms with Gasteiger partial charge in [0.15, 0.2) is 0 Å². The molecule has 0 saturated carbocycles. The fourth-order valence-electron chi connectivity index (χ4n) is 5.61. The molecule has 0 amide bonds. The van der Waals surface area contributed by atoms with Gasteiger partial charge in [-0.1, -0.05) is 0 Å². The summed E-state index contributed by atoms with van der Waals surface area (Å²) >= 11 is 0. The third kappa shape index (κ3) is 4.86. The topological polar surface area (TPSA) is 104 Å². The molecule has 0 radical (unpaired) electrons. The lowest BCUT2D eigenvalue weighted by Crippen LogP contribution is -2.48. The number of anilines is 4. The summed E-state index contributed by atoms with van der Waals surface area (Å²) in [6.07, 6.45) is 5.79. The standard InChI is InChI=1S/C26H31N7O3S/c1-18-13-20(4-5-24(18)32-16-22-14-21(32)17-33(22)37(2,34)35)29-26-27-8-7-23(30-26)19-3-6-25(28-15-19)31-9-11-36-12-10-31/h3-8,13,15,21-22H,9-12,14,16-17H2,1-2H3,(H,27,29,30). The van der Waals surface area contributed by atoms with E-state index in [1.165, 1.54) is 6.26 Å². The van der Waals surface area contributed by atoms with E-state index in [0.29, 0.717) is 12.5 Å². The van der Waals surface area contributed by atoms with Crippen LogP contribution < -0.4 is 15.1 Å². The van der Waals surface area contributed by atoms with Crippen LogP contribution in [0.2, 0.25) is 0 Å². The van der Waals surface area contributed by atoms with Gasteiger partial charge >= 0.3 is 0 Å². The van der Waals surface area contributed by atoms with Crippen molar-refractivity contribution in [3.05, 3.63) is 54.4 Å². The van der Waals surface area contributed by atoms with Crippen LogP contribution in [-0.4, -0.2) is 85.4 Å². The predicted molar refractivity (Wildman–Crippen MR) is 144 cm³/mol. The van der Waals surface area contributed by atoms with E-state index in [2.05, 4.69) is 44.1 Å². The molecule has 3 aliphatic rings. The summed E-state index contributed by atoms with van der Waals surface area (Å²) in [6.45, 7) is 6.53. The lowest BCUT2D eigenvalue weighted by Gasteiger charge is -2.35. The summed E-state index contributed by atoms with van der Waals surface area (Å²) in [7, 11) is -3.15. The molecule has 6 rings (SSSR count). The van der Waals surface area contributed by atoms with Crippen LogP contribution >= 0.6 is 0 Å². The Morgan fingerprint density at radius 3 is 2.54 bits per heavy atom. The molecule has 2 aromatic heterocycles. The van der Waals surface area contributed by atoms with Gasteiger partial charge in [-0.25, -0.2) is 23.4 Å². The molecular formula is C26H31N7O3S. The normalized spacial score (nSPS) is 22.0. The van der Waals surface area contributed by atoms with Crippen LogP contribution in [0.5, 0.6) is 0 Å². The van der Waals surface area contributed by atoms with Gasteiger partial charge in [-0.3, -0.25) is 0 Å². The van der Waals surface area contributed by atoms with Gasteiger partial charge in [-0.15, -0.1) is 0 Å². The maximum absolute atomic E-state index is 12.0. The number of fused-ring (bicyclic) bond motifs is 2. The summed E-state index contributed by atoms with van der Waals surface area (Å²) in [5.74, 6) is 1.47. The minimum Gasteiger partial charge on any atom is -0.378 e. The molecule has 3 saturated heterocycles. The first-order valence-corrected chi connectivity index (χ1v) is 14.4. The highest BCUT2D eigenvalue weighted by molar-refractivity contribution is 7.88. The molecule has 1 N–H and O–H groups in total. The van der Waals surface area contributed by atoms with Crippen LogP contribution in [0.4, 0.5) is 23.1 Å². The van der Waals surface area contributed by atoms with Gasteiger partial charge in [0.05, 0.1) is 25.2 Å². The third-order valence-electron chi connectivity index (χ3n) is 7.41. The van der Waals surface area contributed by atoms with Gasteiger partial charge in [0.25, 0.3) is 0 Å².